The molecular weight excluding hydrogens is 104 g/mol. The minimum absolute atomic E-state index is 1.18. The highest BCUT2D eigenvalue weighted by Gasteiger charge is 1.86. The summed E-state index contributed by atoms with van der Waals surface area (Å²) in [5.74, 6) is 0. The van der Waals surface area contributed by atoms with Crippen molar-refractivity contribution in [3.63, 3.8) is 0 Å². The second-order valence-electron chi connectivity index (χ2n) is 2.18. The molecule has 0 aliphatic rings. The zero-order valence-corrected chi connectivity index (χ0v) is 8.99. The van der Waals surface area contributed by atoms with Gasteiger partial charge < -0.3 is 0 Å². The summed E-state index contributed by atoms with van der Waals surface area (Å²) in [4.78, 5) is 0. The minimum atomic E-state index is 1.18. The number of hydrogen-bond donors (Lipinski definition) is 0. The molecule has 0 aromatic carbocycles. The van der Waals surface area contributed by atoms with Gasteiger partial charge in [0.2, 0.25) is 0 Å². The normalized spacial score (nSPS) is 15.5. The fraction of sp³-hybridized carbons (Fsp3) is 1.00. The Bertz CT molecular complexity index is 26.7. The van der Waals surface area contributed by atoms with Crippen LogP contribution < -0.4 is 0 Å². The molecule has 38 valence electrons. The van der Waals surface area contributed by atoms with Crippen molar-refractivity contribution in [2.24, 2.45) is 0 Å². The molecular formula is C4H14Si2. The maximum absolute atomic E-state index is 2.27. The van der Waals surface area contributed by atoms with Crippen molar-refractivity contribution < 1.29 is 0 Å². The van der Waals surface area contributed by atoms with Crippen molar-refractivity contribution in [1.82, 2.24) is 0 Å². The fourth-order valence-corrected chi connectivity index (χ4v) is 1.73. The average Bonchev–Trinajstić information content (AvgIpc) is 1.35. The zero-order chi connectivity index (χ0) is 4.99. The van der Waals surface area contributed by atoms with Gasteiger partial charge in [-0.2, -0.15) is 0 Å². The largest absolute Gasteiger partial charge is 0.0662 e. The predicted octanol–water partition coefficient (Wildman–Crippen LogP) is -0.737. The molecule has 0 nitrogen and oxygen atoms in total. The van der Waals surface area contributed by atoms with Gasteiger partial charge in [-0.15, -0.1) is 0 Å². The molecule has 0 fully saturated rings. The molecule has 0 saturated heterocycles. The molecule has 0 unspecified atom stereocenters. The van der Waals surface area contributed by atoms with E-state index in [4.69, 9.17) is 0 Å². The van der Waals surface area contributed by atoms with Crippen LogP contribution in [0.2, 0.25) is 5.16 Å². The third kappa shape index (κ3) is 4.43. The highest BCUT2D eigenvalue weighted by Crippen LogP contribution is 1.99. The van der Waals surface area contributed by atoms with Gasteiger partial charge in [0.15, 0.2) is 0 Å². The smallest absolute Gasteiger partial charge is 0.00245 e. The first-order valence-electron chi connectivity index (χ1n) is 2.77. The molecule has 0 N–H and O–H groups in total. The van der Waals surface area contributed by atoms with E-state index in [0.717, 1.165) is 0 Å². The third-order valence-corrected chi connectivity index (χ3v) is 2.02. The summed E-state index contributed by atoms with van der Waals surface area (Å²) in [6.45, 7) is 2.27. The maximum atomic E-state index is 2.27. The standard InChI is InChI=1S/C4H14Si2/c1-2-3-4(5)6/h4H,2-3H2,1,5-6H3. The molecule has 0 radical (unpaired) electrons. The van der Waals surface area contributed by atoms with Gasteiger partial charge in [-0.3, -0.25) is 0 Å². The van der Waals surface area contributed by atoms with Crippen molar-refractivity contribution in [3.05, 3.63) is 0 Å². The highest BCUT2D eigenvalue weighted by molar-refractivity contribution is 6.35. The van der Waals surface area contributed by atoms with E-state index < -0.39 is 0 Å². The summed E-state index contributed by atoms with van der Waals surface area (Å²) >= 11 is 0. The van der Waals surface area contributed by atoms with Crippen LogP contribution in [0.15, 0.2) is 0 Å². The lowest BCUT2D eigenvalue weighted by atomic mass is 10.4. The second kappa shape index (κ2) is 3.62. The quantitative estimate of drug-likeness (QED) is 0.419. The van der Waals surface area contributed by atoms with Gasteiger partial charge in [0.05, 0.1) is 0 Å². The van der Waals surface area contributed by atoms with Crippen molar-refractivity contribution in [2.75, 3.05) is 0 Å². The lowest BCUT2D eigenvalue weighted by Crippen LogP contribution is -1.87. The van der Waals surface area contributed by atoms with Crippen LogP contribution in [0.5, 0.6) is 0 Å². The Balaban J connectivity index is 2.63. The lowest BCUT2D eigenvalue weighted by molar-refractivity contribution is 0.851. The predicted molar refractivity (Wildman–Crippen MR) is 38.5 cm³/mol. The summed E-state index contributed by atoms with van der Waals surface area (Å²) in [5.41, 5.74) is 0. The Hall–Kier alpha value is 0.434. The molecule has 0 heterocycles. The fourth-order valence-electron chi connectivity index (χ4n) is 0.577. The highest BCUT2D eigenvalue weighted by atomic mass is 28.2. The third-order valence-electron chi connectivity index (χ3n) is 0.866. The Morgan fingerprint density at radius 1 is 1.50 bits per heavy atom. The molecule has 0 aliphatic carbocycles. The van der Waals surface area contributed by atoms with Gasteiger partial charge in [-0.05, 0) is 0 Å². The number of rotatable bonds is 2. The minimum Gasteiger partial charge on any atom is -0.0662 e. The van der Waals surface area contributed by atoms with E-state index in [1.807, 2.05) is 0 Å². The summed E-state index contributed by atoms with van der Waals surface area (Å²) in [6, 6.07) is 0. The van der Waals surface area contributed by atoms with E-state index in [9.17, 15) is 0 Å². The summed E-state index contributed by atoms with van der Waals surface area (Å²) in [6.07, 6.45) is 2.90. The lowest BCUT2D eigenvalue weighted by Gasteiger charge is -1.95. The van der Waals surface area contributed by atoms with E-state index >= 15 is 0 Å². The first kappa shape index (κ1) is 6.43. The van der Waals surface area contributed by atoms with E-state index in [1.165, 1.54) is 38.5 Å². The van der Waals surface area contributed by atoms with Crippen LogP contribution in [0.3, 0.4) is 0 Å². The van der Waals surface area contributed by atoms with E-state index in [1.54, 1.807) is 0 Å². The van der Waals surface area contributed by atoms with E-state index in [0.29, 0.717) is 0 Å². The zero-order valence-electron chi connectivity index (χ0n) is 4.99. The maximum Gasteiger partial charge on any atom is 0.00245 e. The molecule has 0 aromatic rings. The van der Waals surface area contributed by atoms with Crippen LogP contribution in [0.25, 0.3) is 0 Å². The van der Waals surface area contributed by atoms with Crippen LogP contribution in [0, 0.1) is 0 Å². The molecule has 0 aliphatic heterocycles. The van der Waals surface area contributed by atoms with Gasteiger partial charge in [0.1, 0.15) is 0 Å². The Kier molecular flexibility index (Phi) is 3.88. The molecule has 6 heavy (non-hydrogen) atoms. The Morgan fingerprint density at radius 3 is 2.00 bits per heavy atom. The summed E-state index contributed by atoms with van der Waals surface area (Å²) in [7, 11) is 2.88. The Morgan fingerprint density at radius 2 is 2.00 bits per heavy atom. The van der Waals surface area contributed by atoms with Gasteiger partial charge in [-0.25, -0.2) is 0 Å². The van der Waals surface area contributed by atoms with Gasteiger partial charge in [-0.1, -0.05) is 24.9 Å². The van der Waals surface area contributed by atoms with Crippen molar-refractivity contribution >= 4 is 20.5 Å². The molecule has 2 heteroatoms. The molecule has 0 spiro atoms. The van der Waals surface area contributed by atoms with Gasteiger partial charge in [0.25, 0.3) is 0 Å². The van der Waals surface area contributed by atoms with E-state index in [-0.39, 0.29) is 0 Å². The van der Waals surface area contributed by atoms with Crippen LogP contribution in [0.1, 0.15) is 19.8 Å². The van der Waals surface area contributed by atoms with Crippen molar-refractivity contribution in [3.8, 4) is 0 Å². The summed E-state index contributed by atoms with van der Waals surface area (Å²) < 4.78 is 0. The molecule has 0 rings (SSSR count). The van der Waals surface area contributed by atoms with Crippen LogP contribution in [0.4, 0.5) is 0 Å². The summed E-state index contributed by atoms with van der Waals surface area (Å²) in [5, 5.41) is 1.18. The van der Waals surface area contributed by atoms with Crippen LogP contribution >= 0.6 is 0 Å². The molecule has 0 saturated carbocycles. The van der Waals surface area contributed by atoms with Crippen molar-refractivity contribution in [1.29, 1.82) is 0 Å². The first-order chi connectivity index (χ1) is 2.77. The average molecular weight is 118 g/mol. The van der Waals surface area contributed by atoms with Gasteiger partial charge in [0, 0.05) is 20.5 Å². The topological polar surface area (TPSA) is 0 Å². The SMILES string of the molecule is CCCC([SiH3])[SiH3]. The first-order valence-corrected chi connectivity index (χ1v) is 5.08. The van der Waals surface area contributed by atoms with Crippen LogP contribution in [-0.4, -0.2) is 20.5 Å². The van der Waals surface area contributed by atoms with Crippen molar-refractivity contribution in [2.45, 2.75) is 24.9 Å². The van der Waals surface area contributed by atoms with Crippen LogP contribution in [-0.2, 0) is 0 Å². The Labute approximate surface area is 46.2 Å². The molecule has 0 bridgehead atoms. The monoisotopic (exact) mass is 118 g/mol. The molecule has 0 amide bonds. The van der Waals surface area contributed by atoms with E-state index in [2.05, 4.69) is 6.92 Å². The second-order valence-corrected chi connectivity index (χ2v) is 8.43. The molecule has 0 atom stereocenters. The van der Waals surface area contributed by atoms with Gasteiger partial charge >= 0.3 is 0 Å². The molecule has 0 aromatic heterocycles. The number of hydrogen-bond acceptors (Lipinski definition) is 0.